The highest BCUT2D eigenvalue weighted by Gasteiger charge is 2.10. The molecule has 0 unspecified atom stereocenters. The van der Waals surface area contributed by atoms with Crippen LogP contribution < -0.4 is 0 Å². The van der Waals surface area contributed by atoms with E-state index in [4.69, 9.17) is 4.42 Å². The van der Waals surface area contributed by atoms with Crippen LogP contribution in [0.3, 0.4) is 0 Å². The molecule has 0 saturated heterocycles. The van der Waals surface area contributed by atoms with Gasteiger partial charge in [-0.3, -0.25) is 4.99 Å². The number of hydrogen-bond donors (Lipinski definition) is 1. The van der Waals surface area contributed by atoms with Gasteiger partial charge in [0.2, 0.25) is 5.89 Å². The maximum absolute atomic E-state index is 10.6. The molecule has 1 aromatic heterocycles. The van der Waals surface area contributed by atoms with E-state index in [2.05, 4.69) is 34.2 Å². The molecule has 0 atom stereocenters. The molecule has 0 radical (unpaired) electrons. The van der Waals surface area contributed by atoms with Gasteiger partial charge >= 0.3 is 0 Å². The monoisotopic (exact) mass is 414 g/mol. The van der Waals surface area contributed by atoms with Gasteiger partial charge in [0.1, 0.15) is 11.3 Å². The van der Waals surface area contributed by atoms with Crippen molar-refractivity contribution < 1.29 is 9.52 Å². The van der Waals surface area contributed by atoms with Gasteiger partial charge in [-0.2, -0.15) is 0 Å². The predicted molar refractivity (Wildman–Crippen MR) is 130 cm³/mol. The number of aliphatic imine (C=N–C) groups is 1. The minimum atomic E-state index is 0.230. The standard InChI is InChI=1S/C28H18N2O2/c31-27-22(12-10-19-6-3-4-8-24(19)27)17-29-23-13-14-26-25(16-23)30-28(32-26)21-11-9-18-5-1-2-7-20(18)15-21/h1-17,31H. The number of hydrogen-bond acceptors (Lipinski definition) is 4. The number of nitrogens with zero attached hydrogens (tertiary/aromatic N) is 2. The van der Waals surface area contributed by atoms with Gasteiger partial charge in [0.25, 0.3) is 0 Å². The molecule has 0 fully saturated rings. The van der Waals surface area contributed by atoms with Crippen LogP contribution in [0.5, 0.6) is 5.75 Å². The lowest BCUT2D eigenvalue weighted by atomic mass is 10.1. The molecule has 0 amide bonds. The zero-order valence-electron chi connectivity index (χ0n) is 17.1. The summed E-state index contributed by atoms with van der Waals surface area (Å²) in [6, 6.07) is 31.6. The van der Waals surface area contributed by atoms with Crippen molar-refractivity contribution in [1.29, 1.82) is 0 Å². The van der Waals surface area contributed by atoms with Crippen LogP contribution in [-0.4, -0.2) is 16.3 Å². The summed E-state index contributed by atoms with van der Waals surface area (Å²) in [4.78, 5) is 9.22. The van der Waals surface area contributed by atoms with E-state index < -0.39 is 0 Å². The zero-order valence-corrected chi connectivity index (χ0v) is 17.1. The number of aromatic hydroxyl groups is 1. The van der Waals surface area contributed by atoms with Gasteiger partial charge in [-0.15, -0.1) is 0 Å². The van der Waals surface area contributed by atoms with Crippen molar-refractivity contribution >= 4 is 44.5 Å². The highest BCUT2D eigenvalue weighted by atomic mass is 16.3. The average molecular weight is 414 g/mol. The third kappa shape index (κ3) is 3.19. The SMILES string of the molecule is Oc1c(C=Nc2ccc3oc(-c4ccc5ccccc5c4)nc3c2)ccc2ccccc12. The van der Waals surface area contributed by atoms with Crippen molar-refractivity contribution in [1.82, 2.24) is 4.98 Å². The Morgan fingerprint density at radius 3 is 2.44 bits per heavy atom. The second-order valence-corrected chi connectivity index (χ2v) is 7.72. The van der Waals surface area contributed by atoms with Crippen molar-refractivity contribution in [2.45, 2.75) is 0 Å². The fraction of sp³-hybridized carbons (Fsp3) is 0. The van der Waals surface area contributed by atoms with Gasteiger partial charge in [0, 0.05) is 22.7 Å². The number of phenols is 1. The normalized spacial score (nSPS) is 11.8. The zero-order chi connectivity index (χ0) is 21.5. The second kappa shape index (κ2) is 7.36. The molecule has 4 heteroatoms. The molecule has 0 aliphatic carbocycles. The molecule has 0 aliphatic heterocycles. The van der Waals surface area contributed by atoms with Crippen LogP contribution in [0.1, 0.15) is 5.56 Å². The summed E-state index contributed by atoms with van der Waals surface area (Å²) in [5.41, 5.74) is 3.79. The Bertz CT molecular complexity index is 1650. The lowest BCUT2D eigenvalue weighted by Gasteiger charge is -2.04. The van der Waals surface area contributed by atoms with Crippen molar-refractivity contribution in [3.8, 4) is 17.2 Å². The molecule has 152 valence electrons. The van der Waals surface area contributed by atoms with Crippen molar-refractivity contribution in [3.05, 3.63) is 103 Å². The summed E-state index contributed by atoms with van der Waals surface area (Å²) in [5.74, 6) is 0.812. The average Bonchev–Trinajstić information content (AvgIpc) is 3.27. The van der Waals surface area contributed by atoms with Crippen LogP contribution in [0.25, 0.3) is 44.1 Å². The van der Waals surface area contributed by atoms with Gasteiger partial charge in [-0.1, -0.05) is 60.7 Å². The Morgan fingerprint density at radius 1 is 0.750 bits per heavy atom. The smallest absolute Gasteiger partial charge is 0.227 e. The van der Waals surface area contributed by atoms with Crippen molar-refractivity contribution in [2.75, 3.05) is 0 Å². The molecule has 32 heavy (non-hydrogen) atoms. The second-order valence-electron chi connectivity index (χ2n) is 7.72. The van der Waals surface area contributed by atoms with E-state index in [0.717, 1.165) is 32.9 Å². The number of rotatable bonds is 3. The number of fused-ring (bicyclic) bond motifs is 3. The van der Waals surface area contributed by atoms with Crippen LogP contribution in [0.4, 0.5) is 5.69 Å². The fourth-order valence-corrected chi connectivity index (χ4v) is 3.96. The number of aromatic nitrogens is 1. The van der Waals surface area contributed by atoms with E-state index in [-0.39, 0.29) is 5.75 Å². The topological polar surface area (TPSA) is 58.6 Å². The summed E-state index contributed by atoms with van der Waals surface area (Å²) >= 11 is 0. The highest BCUT2D eigenvalue weighted by Crippen LogP contribution is 2.30. The molecule has 5 aromatic carbocycles. The van der Waals surface area contributed by atoms with Crippen molar-refractivity contribution in [2.24, 2.45) is 4.99 Å². The molecule has 1 heterocycles. The Morgan fingerprint density at radius 2 is 1.53 bits per heavy atom. The lowest BCUT2D eigenvalue weighted by Crippen LogP contribution is -1.84. The lowest BCUT2D eigenvalue weighted by molar-refractivity contribution is 0.481. The maximum atomic E-state index is 10.6. The van der Waals surface area contributed by atoms with Gasteiger partial charge in [0.05, 0.1) is 5.69 Å². The van der Waals surface area contributed by atoms with Gasteiger partial charge in [-0.05, 0) is 52.6 Å². The first-order valence-corrected chi connectivity index (χ1v) is 10.4. The Hall–Kier alpha value is -4.44. The first-order valence-electron chi connectivity index (χ1n) is 10.4. The number of oxazole rings is 1. The summed E-state index contributed by atoms with van der Waals surface area (Å²) < 4.78 is 5.99. The highest BCUT2D eigenvalue weighted by molar-refractivity contribution is 5.98. The molecule has 6 aromatic rings. The minimum absolute atomic E-state index is 0.230. The van der Waals surface area contributed by atoms with Gasteiger partial charge < -0.3 is 9.52 Å². The summed E-state index contributed by atoms with van der Waals surface area (Å²) in [5, 5.41) is 14.7. The summed E-state index contributed by atoms with van der Waals surface area (Å²) in [6.07, 6.45) is 1.67. The number of benzene rings is 5. The van der Waals surface area contributed by atoms with E-state index >= 15 is 0 Å². The van der Waals surface area contributed by atoms with E-state index in [1.807, 2.05) is 72.8 Å². The maximum Gasteiger partial charge on any atom is 0.227 e. The van der Waals surface area contributed by atoms with E-state index in [0.29, 0.717) is 17.0 Å². The predicted octanol–water partition coefficient (Wildman–Crippen LogP) is 7.26. The van der Waals surface area contributed by atoms with E-state index in [1.165, 1.54) is 5.39 Å². The first kappa shape index (κ1) is 18.3. The quantitative estimate of drug-likeness (QED) is 0.310. The molecule has 6 rings (SSSR count). The van der Waals surface area contributed by atoms with Crippen molar-refractivity contribution in [3.63, 3.8) is 0 Å². The molecule has 0 bridgehead atoms. The van der Waals surface area contributed by atoms with E-state index in [1.54, 1.807) is 6.21 Å². The van der Waals surface area contributed by atoms with Crippen LogP contribution in [0.15, 0.2) is 106 Å². The Labute approximate surface area is 184 Å². The molecule has 0 aliphatic rings. The molecule has 0 saturated carbocycles. The van der Waals surface area contributed by atoms with Crippen LogP contribution in [-0.2, 0) is 0 Å². The Kier molecular flexibility index (Phi) is 4.22. The molecule has 1 N–H and O–H groups in total. The third-order valence-corrected chi connectivity index (χ3v) is 5.65. The van der Waals surface area contributed by atoms with Gasteiger partial charge in [-0.25, -0.2) is 4.98 Å². The summed E-state index contributed by atoms with van der Waals surface area (Å²) in [6.45, 7) is 0. The minimum Gasteiger partial charge on any atom is -0.507 e. The molecular formula is C28H18N2O2. The van der Waals surface area contributed by atoms with Crippen LogP contribution in [0.2, 0.25) is 0 Å². The first-order chi connectivity index (χ1) is 15.7. The summed E-state index contributed by atoms with van der Waals surface area (Å²) in [7, 11) is 0. The van der Waals surface area contributed by atoms with Crippen LogP contribution >= 0.6 is 0 Å². The molecule has 0 spiro atoms. The van der Waals surface area contributed by atoms with E-state index in [9.17, 15) is 5.11 Å². The molecule has 4 nitrogen and oxygen atoms in total. The third-order valence-electron chi connectivity index (χ3n) is 5.65. The largest absolute Gasteiger partial charge is 0.507 e. The molecular weight excluding hydrogens is 396 g/mol. The van der Waals surface area contributed by atoms with Gasteiger partial charge in [0.15, 0.2) is 5.58 Å². The fourth-order valence-electron chi connectivity index (χ4n) is 3.96. The van der Waals surface area contributed by atoms with Crippen LogP contribution in [0, 0.1) is 0 Å². The Balaban J connectivity index is 1.34. The number of phenolic OH excluding ortho intramolecular Hbond substituents is 1.